The lowest BCUT2D eigenvalue weighted by molar-refractivity contribution is 0.0704. The summed E-state index contributed by atoms with van der Waals surface area (Å²) in [5.41, 5.74) is -0.162. The highest BCUT2D eigenvalue weighted by Crippen LogP contribution is 2.35. The van der Waals surface area contributed by atoms with E-state index >= 15 is 0 Å². The Morgan fingerprint density at radius 3 is 2.67 bits per heavy atom. The Bertz CT molecular complexity index is 410. The van der Waals surface area contributed by atoms with Gasteiger partial charge < -0.3 is 14.8 Å². The summed E-state index contributed by atoms with van der Waals surface area (Å²) in [4.78, 5) is 11.8. The first-order valence-corrected chi connectivity index (χ1v) is 6.67. The standard InChI is InChI=1S/C13H18ClNO3/c14-11-5-4-10(18-11)12(17)15-8-13(9-16)6-2-1-3-7-13/h4-5,16H,1-3,6-9H2,(H,15,17). The number of aliphatic hydroxyl groups is 1. The van der Waals surface area contributed by atoms with E-state index in [1.165, 1.54) is 6.42 Å². The van der Waals surface area contributed by atoms with Gasteiger partial charge in [-0.25, -0.2) is 0 Å². The Morgan fingerprint density at radius 2 is 2.11 bits per heavy atom. The van der Waals surface area contributed by atoms with E-state index in [4.69, 9.17) is 16.0 Å². The average molecular weight is 272 g/mol. The molecule has 1 aliphatic carbocycles. The Kier molecular flexibility index (Phi) is 4.30. The van der Waals surface area contributed by atoms with Crippen molar-refractivity contribution in [1.82, 2.24) is 5.32 Å². The first-order valence-electron chi connectivity index (χ1n) is 6.30. The lowest BCUT2D eigenvalue weighted by Crippen LogP contribution is -2.41. The van der Waals surface area contributed by atoms with Gasteiger partial charge >= 0.3 is 0 Å². The van der Waals surface area contributed by atoms with Crippen LogP contribution < -0.4 is 5.32 Å². The van der Waals surface area contributed by atoms with Gasteiger partial charge in [-0.05, 0) is 36.6 Å². The van der Waals surface area contributed by atoms with Gasteiger partial charge in [0.15, 0.2) is 11.0 Å². The van der Waals surface area contributed by atoms with Crippen molar-refractivity contribution in [2.45, 2.75) is 32.1 Å². The molecule has 0 aromatic carbocycles. The molecule has 0 radical (unpaired) electrons. The number of carbonyl (C=O) groups is 1. The molecule has 5 heteroatoms. The molecule has 1 aliphatic rings. The lowest BCUT2D eigenvalue weighted by atomic mass is 9.74. The van der Waals surface area contributed by atoms with Crippen molar-refractivity contribution in [3.8, 4) is 0 Å². The maximum atomic E-state index is 11.8. The van der Waals surface area contributed by atoms with Gasteiger partial charge in [0, 0.05) is 12.0 Å². The third-order valence-electron chi connectivity index (χ3n) is 3.67. The van der Waals surface area contributed by atoms with Crippen molar-refractivity contribution in [3.63, 3.8) is 0 Å². The normalized spacial score (nSPS) is 18.6. The molecule has 0 spiro atoms. The molecule has 1 aromatic rings. The fourth-order valence-electron chi connectivity index (χ4n) is 2.48. The van der Waals surface area contributed by atoms with E-state index in [0.717, 1.165) is 25.7 Å². The van der Waals surface area contributed by atoms with E-state index in [0.29, 0.717) is 6.54 Å². The minimum Gasteiger partial charge on any atom is -0.440 e. The zero-order valence-corrected chi connectivity index (χ0v) is 11.0. The number of halogens is 1. The molecule has 4 nitrogen and oxygen atoms in total. The van der Waals surface area contributed by atoms with Crippen molar-refractivity contribution in [2.24, 2.45) is 5.41 Å². The second-order valence-electron chi connectivity index (χ2n) is 5.01. The second-order valence-corrected chi connectivity index (χ2v) is 5.38. The third kappa shape index (κ3) is 3.06. The molecule has 0 atom stereocenters. The number of carbonyl (C=O) groups excluding carboxylic acids is 1. The maximum Gasteiger partial charge on any atom is 0.287 e. The largest absolute Gasteiger partial charge is 0.440 e. The van der Waals surface area contributed by atoms with Gasteiger partial charge in [-0.3, -0.25) is 4.79 Å². The molecule has 100 valence electrons. The summed E-state index contributed by atoms with van der Waals surface area (Å²) in [6, 6.07) is 3.09. The van der Waals surface area contributed by atoms with E-state index < -0.39 is 0 Å². The van der Waals surface area contributed by atoms with E-state index in [1.54, 1.807) is 12.1 Å². The van der Waals surface area contributed by atoms with Crippen LogP contribution in [0.3, 0.4) is 0 Å². The number of aliphatic hydroxyl groups excluding tert-OH is 1. The minimum absolute atomic E-state index is 0.117. The predicted molar refractivity (Wildman–Crippen MR) is 68.7 cm³/mol. The molecule has 1 aromatic heterocycles. The highest BCUT2D eigenvalue weighted by molar-refractivity contribution is 6.29. The van der Waals surface area contributed by atoms with E-state index in [-0.39, 0.29) is 28.9 Å². The molecule has 1 heterocycles. The highest BCUT2D eigenvalue weighted by atomic mass is 35.5. The van der Waals surface area contributed by atoms with Gasteiger partial charge in [-0.1, -0.05) is 19.3 Å². The van der Waals surface area contributed by atoms with Crippen LogP contribution in [-0.4, -0.2) is 24.2 Å². The average Bonchev–Trinajstić information content (AvgIpc) is 2.84. The molecular weight excluding hydrogens is 254 g/mol. The third-order valence-corrected chi connectivity index (χ3v) is 3.87. The summed E-state index contributed by atoms with van der Waals surface area (Å²) < 4.78 is 5.04. The van der Waals surface area contributed by atoms with Gasteiger partial charge in [-0.2, -0.15) is 0 Å². The fourth-order valence-corrected chi connectivity index (χ4v) is 2.63. The molecule has 0 unspecified atom stereocenters. The Hall–Kier alpha value is -1.00. The molecule has 18 heavy (non-hydrogen) atoms. The summed E-state index contributed by atoms with van der Waals surface area (Å²) in [5, 5.41) is 12.6. The summed E-state index contributed by atoms with van der Waals surface area (Å²) in [5.74, 6) is -0.0656. The van der Waals surface area contributed by atoms with Crippen LogP contribution in [0.1, 0.15) is 42.7 Å². The molecule has 0 aliphatic heterocycles. The monoisotopic (exact) mass is 271 g/mol. The summed E-state index contributed by atoms with van der Waals surface area (Å²) in [6.07, 6.45) is 5.36. The van der Waals surface area contributed by atoms with E-state index in [1.807, 2.05) is 0 Å². The summed E-state index contributed by atoms with van der Waals surface area (Å²) >= 11 is 5.62. The zero-order chi connectivity index (χ0) is 13.0. The van der Waals surface area contributed by atoms with Crippen LogP contribution in [0.5, 0.6) is 0 Å². The van der Waals surface area contributed by atoms with Crippen molar-refractivity contribution in [3.05, 3.63) is 23.1 Å². The van der Waals surface area contributed by atoms with Gasteiger partial charge in [0.05, 0.1) is 6.61 Å². The Labute approximate surface area is 111 Å². The molecule has 0 saturated heterocycles. The second kappa shape index (κ2) is 5.76. The summed E-state index contributed by atoms with van der Waals surface area (Å²) in [6.45, 7) is 0.604. The number of furan rings is 1. The van der Waals surface area contributed by atoms with Crippen LogP contribution in [0.15, 0.2) is 16.5 Å². The SMILES string of the molecule is O=C(NCC1(CO)CCCCC1)c1ccc(Cl)o1. The van der Waals surface area contributed by atoms with Gasteiger partial charge in [0.25, 0.3) is 5.91 Å². The first-order chi connectivity index (χ1) is 8.65. The minimum atomic E-state index is -0.278. The first kappa shape index (κ1) is 13.4. The van der Waals surface area contributed by atoms with Gasteiger partial charge in [-0.15, -0.1) is 0 Å². The van der Waals surface area contributed by atoms with E-state index in [9.17, 15) is 9.90 Å². The molecule has 2 rings (SSSR count). The number of amides is 1. The molecule has 2 N–H and O–H groups in total. The van der Waals surface area contributed by atoms with Crippen LogP contribution in [0.4, 0.5) is 0 Å². The molecule has 1 saturated carbocycles. The van der Waals surface area contributed by atoms with Crippen molar-refractivity contribution in [2.75, 3.05) is 13.2 Å². The van der Waals surface area contributed by atoms with Crippen LogP contribution in [0.2, 0.25) is 5.22 Å². The van der Waals surface area contributed by atoms with Gasteiger partial charge in [0.2, 0.25) is 0 Å². The number of rotatable bonds is 4. The molecule has 1 fully saturated rings. The predicted octanol–water partition coefficient (Wildman–Crippen LogP) is 2.61. The molecular formula is C13H18ClNO3. The smallest absolute Gasteiger partial charge is 0.287 e. The van der Waals surface area contributed by atoms with Crippen molar-refractivity contribution >= 4 is 17.5 Å². The number of nitrogens with one attached hydrogen (secondary N) is 1. The fraction of sp³-hybridized carbons (Fsp3) is 0.615. The number of hydrogen-bond acceptors (Lipinski definition) is 3. The van der Waals surface area contributed by atoms with Crippen LogP contribution in [0.25, 0.3) is 0 Å². The summed E-state index contributed by atoms with van der Waals surface area (Å²) in [7, 11) is 0. The molecule has 0 bridgehead atoms. The van der Waals surface area contributed by atoms with E-state index in [2.05, 4.69) is 5.32 Å². The zero-order valence-electron chi connectivity index (χ0n) is 10.2. The van der Waals surface area contributed by atoms with Crippen LogP contribution in [-0.2, 0) is 0 Å². The number of hydrogen-bond donors (Lipinski definition) is 2. The quantitative estimate of drug-likeness (QED) is 0.885. The molecule has 1 amide bonds. The topological polar surface area (TPSA) is 62.5 Å². The van der Waals surface area contributed by atoms with Crippen molar-refractivity contribution in [1.29, 1.82) is 0 Å². The highest BCUT2D eigenvalue weighted by Gasteiger charge is 2.32. The Morgan fingerprint density at radius 1 is 1.39 bits per heavy atom. The maximum absolute atomic E-state index is 11.8. The lowest BCUT2D eigenvalue weighted by Gasteiger charge is -2.35. The van der Waals surface area contributed by atoms with Crippen LogP contribution in [0, 0.1) is 5.41 Å². The van der Waals surface area contributed by atoms with Gasteiger partial charge in [0.1, 0.15) is 0 Å². The van der Waals surface area contributed by atoms with Crippen LogP contribution >= 0.6 is 11.6 Å². The van der Waals surface area contributed by atoms with Crippen molar-refractivity contribution < 1.29 is 14.3 Å². The Balaban J connectivity index is 1.91.